The fourth-order valence-corrected chi connectivity index (χ4v) is 3.01. The number of ether oxygens (including phenoxy) is 1. The molecule has 1 saturated carbocycles. The molecule has 0 amide bonds. The van der Waals surface area contributed by atoms with Gasteiger partial charge in [-0.25, -0.2) is 14.4 Å². The summed E-state index contributed by atoms with van der Waals surface area (Å²) in [5.41, 5.74) is 8.98. The summed E-state index contributed by atoms with van der Waals surface area (Å²) in [6.45, 7) is 1.96. The van der Waals surface area contributed by atoms with Crippen LogP contribution in [0.15, 0.2) is 36.7 Å². The Labute approximate surface area is 163 Å². The lowest BCUT2D eigenvalue weighted by atomic mass is 9.96. The van der Waals surface area contributed by atoms with Crippen LogP contribution < -0.4 is 15.8 Å². The highest BCUT2D eigenvalue weighted by Crippen LogP contribution is 2.35. The number of nitrogens with one attached hydrogen (secondary N) is 1. The van der Waals surface area contributed by atoms with Crippen molar-refractivity contribution in [3.63, 3.8) is 0 Å². The maximum absolute atomic E-state index is 13.7. The molecule has 0 atom stereocenters. The van der Waals surface area contributed by atoms with Crippen LogP contribution in [0.25, 0.3) is 10.9 Å². The van der Waals surface area contributed by atoms with E-state index in [0.29, 0.717) is 22.9 Å². The van der Waals surface area contributed by atoms with Crippen molar-refractivity contribution >= 4 is 40.7 Å². The van der Waals surface area contributed by atoms with Gasteiger partial charge < -0.3 is 15.8 Å². The molecular formula is C20H23FN4OS. The zero-order valence-corrected chi connectivity index (χ0v) is 16.3. The van der Waals surface area contributed by atoms with Crippen molar-refractivity contribution in [2.75, 3.05) is 17.3 Å². The number of rotatable bonds is 4. The number of nitrogens with two attached hydrogens (primary N) is 1. The second kappa shape index (κ2) is 8.43. The summed E-state index contributed by atoms with van der Waals surface area (Å²) < 4.78 is 19.6. The maximum Gasteiger partial charge on any atom is 0.146 e. The van der Waals surface area contributed by atoms with Crippen molar-refractivity contribution in [3.8, 4) is 5.75 Å². The quantitative estimate of drug-likeness (QED) is 0.440. The average molecular weight is 386 g/mol. The molecule has 2 aromatic carbocycles. The van der Waals surface area contributed by atoms with Gasteiger partial charge in [0.05, 0.1) is 17.3 Å². The van der Waals surface area contributed by atoms with E-state index in [1.807, 2.05) is 19.1 Å². The summed E-state index contributed by atoms with van der Waals surface area (Å²) >= 11 is 3.53. The summed E-state index contributed by atoms with van der Waals surface area (Å²) in [6, 6.07) is 8.18. The first-order valence-electron chi connectivity index (χ1n) is 8.79. The van der Waals surface area contributed by atoms with Gasteiger partial charge in [0.25, 0.3) is 0 Å². The van der Waals surface area contributed by atoms with E-state index in [2.05, 4.69) is 27.9 Å². The summed E-state index contributed by atoms with van der Waals surface area (Å²) in [5, 5.41) is 4.16. The minimum Gasteiger partial charge on any atom is -0.488 e. The Hall–Kier alpha value is -2.54. The molecule has 0 spiro atoms. The third-order valence-electron chi connectivity index (χ3n) is 4.50. The van der Waals surface area contributed by atoms with E-state index in [0.717, 1.165) is 35.7 Å². The number of hydrogen-bond donors (Lipinski definition) is 3. The molecule has 0 bridgehead atoms. The van der Waals surface area contributed by atoms with Crippen molar-refractivity contribution in [1.82, 2.24) is 9.97 Å². The topological polar surface area (TPSA) is 73.1 Å². The van der Waals surface area contributed by atoms with Crippen LogP contribution in [-0.2, 0) is 0 Å². The summed E-state index contributed by atoms with van der Waals surface area (Å²) in [7, 11) is 0. The van der Waals surface area contributed by atoms with Crippen LogP contribution in [0.3, 0.4) is 0 Å². The van der Waals surface area contributed by atoms with Crippen molar-refractivity contribution in [3.05, 3.63) is 48.0 Å². The predicted molar refractivity (Wildman–Crippen MR) is 112 cm³/mol. The fourth-order valence-electron chi connectivity index (χ4n) is 3.01. The van der Waals surface area contributed by atoms with Gasteiger partial charge in [0.2, 0.25) is 0 Å². The molecule has 142 valence electrons. The second-order valence-electron chi connectivity index (χ2n) is 6.39. The average Bonchev–Trinajstić information content (AvgIpc) is 2.61. The van der Waals surface area contributed by atoms with E-state index in [9.17, 15) is 4.39 Å². The van der Waals surface area contributed by atoms with E-state index in [4.69, 9.17) is 10.5 Å². The Bertz CT molecular complexity index is 947. The first-order chi connectivity index (χ1) is 13.1. The smallest absolute Gasteiger partial charge is 0.146 e. The standard InChI is InChI=1S/C19H19FN4O.CH4S/c1-11-7-13(21)9-16-18(11)19(23-10-22-16)24-15-6-5-12(20)8-17(15)25-14-3-2-4-14;1-2/h5-10,14H,2-4,21H2,1H3,(H,22,23,24);2H,1H3. The highest BCUT2D eigenvalue weighted by Gasteiger charge is 2.21. The molecule has 0 unspecified atom stereocenters. The molecule has 5 nitrogen and oxygen atoms in total. The normalized spacial score (nSPS) is 13.5. The Morgan fingerprint density at radius 1 is 1.19 bits per heavy atom. The number of nitrogen functional groups attached to an aromatic ring is 1. The van der Waals surface area contributed by atoms with E-state index < -0.39 is 0 Å². The number of nitrogens with zero attached hydrogens (tertiary/aromatic N) is 2. The van der Waals surface area contributed by atoms with Gasteiger partial charge in [-0.1, -0.05) is 0 Å². The molecule has 1 aliphatic rings. The number of halogens is 1. The number of benzene rings is 2. The van der Waals surface area contributed by atoms with Gasteiger partial charge in [0.1, 0.15) is 23.7 Å². The highest BCUT2D eigenvalue weighted by molar-refractivity contribution is 7.79. The first kappa shape index (κ1) is 19.2. The van der Waals surface area contributed by atoms with Crippen molar-refractivity contribution < 1.29 is 9.13 Å². The van der Waals surface area contributed by atoms with Crippen LogP contribution in [0.2, 0.25) is 0 Å². The van der Waals surface area contributed by atoms with Gasteiger partial charge in [-0.05, 0) is 62.3 Å². The number of aromatic nitrogens is 2. The molecule has 1 fully saturated rings. The summed E-state index contributed by atoms with van der Waals surface area (Å²) in [6.07, 6.45) is 6.50. The van der Waals surface area contributed by atoms with Gasteiger partial charge in [0.15, 0.2) is 0 Å². The van der Waals surface area contributed by atoms with Crippen molar-refractivity contribution in [2.45, 2.75) is 32.3 Å². The predicted octanol–water partition coefficient (Wildman–Crippen LogP) is 4.88. The number of hydrogen-bond acceptors (Lipinski definition) is 6. The third kappa shape index (κ3) is 4.24. The van der Waals surface area contributed by atoms with Crippen LogP contribution in [0.5, 0.6) is 5.75 Å². The molecule has 0 radical (unpaired) electrons. The zero-order chi connectivity index (χ0) is 19.4. The van der Waals surface area contributed by atoms with Gasteiger partial charge >= 0.3 is 0 Å². The van der Waals surface area contributed by atoms with E-state index >= 15 is 0 Å². The summed E-state index contributed by atoms with van der Waals surface area (Å²) in [5.74, 6) is 0.827. The number of fused-ring (bicyclic) bond motifs is 1. The van der Waals surface area contributed by atoms with Crippen LogP contribution in [-0.4, -0.2) is 22.3 Å². The van der Waals surface area contributed by atoms with Gasteiger partial charge in [0, 0.05) is 17.1 Å². The van der Waals surface area contributed by atoms with E-state index in [-0.39, 0.29) is 11.9 Å². The Morgan fingerprint density at radius 2 is 1.96 bits per heavy atom. The molecule has 3 aromatic rings. The van der Waals surface area contributed by atoms with Gasteiger partial charge in [-0.2, -0.15) is 12.6 Å². The highest BCUT2D eigenvalue weighted by atomic mass is 32.1. The Kier molecular flexibility index (Phi) is 6.01. The molecule has 27 heavy (non-hydrogen) atoms. The first-order valence-corrected chi connectivity index (χ1v) is 9.68. The largest absolute Gasteiger partial charge is 0.488 e. The minimum absolute atomic E-state index is 0.158. The SMILES string of the molecule is CS.Cc1cc(N)cc2ncnc(Nc3ccc(F)cc3OC3CCC3)c12. The number of aryl methyl sites for hydroxylation is 1. The number of thiol groups is 1. The second-order valence-corrected chi connectivity index (χ2v) is 6.39. The fraction of sp³-hybridized carbons (Fsp3) is 0.300. The third-order valence-corrected chi connectivity index (χ3v) is 4.50. The van der Waals surface area contributed by atoms with Crippen LogP contribution in [0.4, 0.5) is 21.6 Å². The lowest BCUT2D eigenvalue weighted by molar-refractivity contribution is 0.121. The molecule has 0 saturated heterocycles. The number of anilines is 3. The lowest BCUT2D eigenvalue weighted by Gasteiger charge is -2.27. The summed E-state index contributed by atoms with van der Waals surface area (Å²) in [4.78, 5) is 8.65. The molecule has 3 N–H and O–H groups in total. The van der Waals surface area contributed by atoms with Gasteiger partial charge in [-0.15, -0.1) is 0 Å². The zero-order valence-electron chi connectivity index (χ0n) is 15.4. The van der Waals surface area contributed by atoms with Crippen LogP contribution >= 0.6 is 12.6 Å². The van der Waals surface area contributed by atoms with Gasteiger partial charge in [-0.3, -0.25) is 0 Å². The molecule has 1 heterocycles. The van der Waals surface area contributed by atoms with E-state index in [1.54, 1.807) is 12.3 Å². The molecular weight excluding hydrogens is 363 g/mol. The molecule has 0 aliphatic heterocycles. The van der Waals surface area contributed by atoms with Crippen LogP contribution in [0, 0.1) is 12.7 Å². The lowest BCUT2D eigenvalue weighted by Crippen LogP contribution is -2.25. The monoisotopic (exact) mass is 386 g/mol. The van der Waals surface area contributed by atoms with E-state index in [1.165, 1.54) is 18.5 Å². The Balaban J connectivity index is 0.00000102. The molecule has 1 aromatic heterocycles. The maximum atomic E-state index is 13.7. The molecule has 4 rings (SSSR count). The molecule has 7 heteroatoms. The molecule has 1 aliphatic carbocycles. The Morgan fingerprint density at radius 3 is 2.67 bits per heavy atom. The van der Waals surface area contributed by atoms with Crippen molar-refractivity contribution in [2.24, 2.45) is 0 Å². The van der Waals surface area contributed by atoms with Crippen LogP contribution in [0.1, 0.15) is 24.8 Å². The minimum atomic E-state index is -0.323. The van der Waals surface area contributed by atoms with Crippen molar-refractivity contribution in [1.29, 1.82) is 0 Å².